The van der Waals surface area contributed by atoms with Crippen LogP contribution >= 0.6 is 0 Å². The predicted octanol–water partition coefficient (Wildman–Crippen LogP) is 6.42. The van der Waals surface area contributed by atoms with Crippen LogP contribution in [0.15, 0.2) is 103 Å². The van der Waals surface area contributed by atoms with Crippen molar-refractivity contribution in [3.8, 4) is 0 Å². The number of piperidine rings is 1. The maximum absolute atomic E-state index is 13.7. The van der Waals surface area contributed by atoms with E-state index in [1.165, 1.54) is 13.5 Å². The van der Waals surface area contributed by atoms with Gasteiger partial charge in [0.2, 0.25) is 5.91 Å². The van der Waals surface area contributed by atoms with Crippen LogP contribution in [0, 0.1) is 0 Å². The average Bonchev–Trinajstić information content (AvgIpc) is 3.41. The first-order valence-corrected chi connectivity index (χ1v) is 15.3. The summed E-state index contributed by atoms with van der Waals surface area (Å²) in [4.78, 5) is 43.2. The van der Waals surface area contributed by atoms with Crippen LogP contribution in [0.1, 0.15) is 46.3 Å². The number of benzene rings is 4. The lowest BCUT2D eigenvalue weighted by Gasteiger charge is -2.30. The fourth-order valence-corrected chi connectivity index (χ4v) is 5.90. The van der Waals surface area contributed by atoms with Crippen LogP contribution in [0.4, 0.5) is 17.1 Å². The molecule has 0 atom stereocenters. The highest BCUT2D eigenvalue weighted by atomic mass is 16.5. The van der Waals surface area contributed by atoms with Gasteiger partial charge in [-0.15, -0.1) is 0 Å². The smallest absolute Gasteiger partial charge is 0.337 e. The van der Waals surface area contributed by atoms with Gasteiger partial charge in [0.05, 0.1) is 42.7 Å². The van der Waals surface area contributed by atoms with Gasteiger partial charge in [0.25, 0.3) is 5.91 Å². The van der Waals surface area contributed by atoms with Crippen molar-refractivity contribution in [2.45, 2.75) is 25.8 Å². The largest absolute Gasteiger partial charge is 0.465 e. The van der Waals surface area contributed by atoms with Crippen molar-refractivity contribution in [2.75, 3.05) is 42.3 Å². The molecule has 6 rings (SSSR count). The van der Waals surface area contributed by atoms with E-state index in [2.05, 4.69) is 15.5 Å². The van der Waals surface area contributed by atoms with Crippen LogP contribution in [0.25, 0.3) is 11.3 Å². The Morgan fingerprint density at radius 3 is 2.22 bits per heavy atom. The Bertz CT molecular complexity index is 1710. The highest BCUT2D eigenvalue weighted by molar-refractivity contribution is 6.37. The molecular weight excluding hydrogens is 564 g/mol. The summed E-state index contributed by atoms with van der Waals surface area (Å²) in [5.41, 5.74) is 6.16. The van der Waals surface area contributed by atoms with Crippen LogP contribution in [0.5, 0.6) is 0 Å². The second-order valence-electron chi connectivity index (χ2n) is 11.3. The van der Waals surface area contributed by atoms with Crippen molar-refractivity contribution in [1.82, 2.24) is 4.90 Å². The Kier molecular flexibility index (Phi) is 9.03. The quantitative estimate of drug-likeness (QED) is 0.170. The first kappa shape index (κ1) is 29.8. The molecule has 0 aromatic heterocycles. The van der Waals surface area contributed by atoms with Crippen LogP contribution in [-0.2, 0) is 20.9 Å². The van der Waals surface area contributed by atoms with Crippen molar-refractivity contribution >= 4 is 46.1 Å². The maximum Gasteiger partial charge on any atom is 0.337 e. The lowest BCUT2D eigenvalue weighted by Crippen LogP contribution is -2.42. The number of ether oxygens (including phenoxy) is 1. The molecular formula is C37H36N4O4. The van der Waals surface area contributed by atoms with Crippen molar-refractivity contribution in [1.29, 1.82) is 0 Å². The topological polar surface area (TPSA) is 91.0 Å². The lowest BCUT2D eigenvalue weighted by molar-refractivity contribution is -0.120. The number of amides is 2. The molecule has 2 heterocycles. The highest BCUT2D eigenvalue weighted by Crippen LogP contribution is 2.38. The van der Waals surface area contributed by atoms with Crippen LogP contribution in [-0.4, -0.2) is 49.4 Å². The number of likely N-dealkylation sites (tertiary alicyclic amines) is 1. The zero-order valence-electron chi connectivity index (χ0n) is 25.3. The minimum absolute atomic E-state index is 0.0686. The lowest BCUT2D eigenvalue weighted by atomic mass is 9.99. The molecule has 0 spiro atoms. The van der Waals surface area contributed by atoms with Gasteiger partial charge in [0.15, 0.2) is 0 Å². The Morgan fingerprint density at radius 1 is 0.844 bits per heavy atom. The first-order chi connectivity index (χ1) is 22.0. The second kappa shape index (κ2) is 13.6. The molecule has 4 aromatic rings. The normalized spacial score (nSPS) is 15.5. The molecule has 0 bridgehead atoms. The maximum atomic E-state index is 13.7. The van der Waals surface area contributed by atoms with E-state index in [9.17, 15) is 14.4 Å². The van der Waals surface area contributed by atoms with E-state index < -0.39 is 5.97 Å². The summed E-state index contributed by atoms with van der Waals surface area (Å²) in [6, 6.07) is 32.5. The Labute approximate surface area is 263 Å². The number of esters is 1. The molecule has 0 aliphatic carbocycles. The standard InChI is InChI=1S/C37H36N4O4/c1-45-37(44)28-15-20-31-32(23-28)39-36(43)34(31)35(27-13-7-3-8-14-27)38-29-16-18-30(19-17-29)41(24-26-11-5-2-6-12-26)33(42)25-40-21-9-4-10-22-40/h2-3,5-8,11-20,23,38H,4,9-10,21-22,24-25H2,1H3,(H,39,43). The Balaban J connectivity index is 1.31. The van der Waals surface area contributed by atoms with Gasteiger partial charge in [-0.1, -0.05) is 73.2 Å². The number of fused-ring (bicyclic) bond motifs is 1. The summed E-state index contributed by atoms with van der Waals surface area (Å²) in [7, 11) is 1.33. The van der Waals surface area contributed by atoms with Gasteiger partial charge in [-0.05, 0) is 73.5 Å². The van der Waals surface area contributed by atoms with E-state index in [0.29, 0.717) is 41.2 Å². The third-order valence-electron chi connectivity index (χ3n) is 8.24. The fourth-order valence-electron chi connectivity index (χ4n) is 5.90. The summed E-state index contributed by atoms with van der Waals surface area (Å²) in [6.07, 6.45) is 3.47. The minimum Gasteiger partial charge on any atom is -0.465 e. The van der Waals surface area contributed by atoms with E-state index in [4.69, 9.17) is 4.74 Å². The molecule has 2 amide bonds. The fraction of sp³-hybridized carbons (Fsp3) is 0.216. The van der Waals surface area contributed by atoms with Gasteiger partial charge in [-0.3, -0.25) is 14.5 Å². The van der Waals surface area contributed by atoms with Crippen molar-refractivity contribution < 1.29 is 19.1 Å². The molecule has 1 saturated heterocycles. The van der Waals surface area contributed by atoms with Crippen molar-refractivity contribution in [2.24, 2.45) is 0 Å². The van der Waals surface area contributed by atoms with E-state index >= 15 is 0 Å². The molecule has 4 aromatic carbocycles. The molecule has 1 fully saturated rings. The van der Waals surface area contributed by atoms with E-state index in [-0.39, 0.29) is 11.8 Å². The van der Waals surface area contributed by atoms with E-state index in [0.717, 1.165) is 48.4 Å². The zero-order valence-corrected chi connectivity index (χ0v) is 25.3. The van der Waals surface area contributed by atoms with Crippen molar-refractivity contribution in [3.05, 3.63) is 125 Å². The predicted molar refractivity (Wildman–Crippen MR) is 178 cm³/mol. The molecule has 228 valence electrons. The monoisotopic (exact) mass is 600 g/mol. The van der Waals surface area contributed by atoms with Gasteiger partial charge in [-0.25, -0.2) is 4.79 Å². The van der Waals surface area contributed by atoms with Gasteiger partial charge >= 0.3 is 5.97 Å². The number of hydrogen-bond acceptors (Lipinski definition) is 6. The van der Waals surface area contributed by atoms with E-state index in [1.54, 1.807) is 18.2 Å². The van der Waals surface area contributed by atoms with Gasteiger partial charge < -0.3 is 20.3 Å². The number of hydrogen-bond donors (Lipinski definition) is 2. The van der Waals surface area contributed by atoms with Crippen LogP contribution in [0.3, 0.4) is 0 Å². The van der Waals surface area contributed by atoms with Crippen LogP contribution < -0.4 is 15.5 Å². The molecule has 8 nitrogen and oxygen atoms in total. The molecule has 0 saturated carbocycles. The molecule has 2 aliphatic rings. The van der Waals surface area contributed by atoms with E-state index in [1.807, 2.05) is 89.8 Å². The summed E-state index contributed by atoms with van der Waals surface area (Å²) in [5, 5.41) is 6.39. The summed E-state index contributed by atoms with van der Waals surface area (Å²) < 4.78 is 4.85. The van der Waals surface area contributed by atoms with Crippen LogP contribution in [0.2, 0.25) is 0 Å². The van der Waals surface area contributed by atoms with Gasteiger partial charge in [0, 0.05) is 16.9 Å². The number of nitrogens with one attached hydrogen (secondary N) is 2. The molecule has 2 aliphatic heterocycles. The third kappa shape index (κ3) is 6.81. The molecule has 8 heteroatoms. The minimum atomic E-state index is -0.471. The average molecular weight is 601 g/mol. The molecule has 0 radical (unpaired) electrons. The van der Waals surface area contributed by atoms with Gasteiger partial charge in [-0.2, -0.15) is 0 Å². The number of anilines is 3. The number of nitrogens with zero attached hydrogens (tertiary/aromatic N) is 2. The number of carbonyl (C=O) groups is 3. The van der Waals surface area contributed by atoms with Crippen molar-refractivity contribution in [3.63, 3.8) is 0 Å². The highest BCUT2D eigenvalue weighted by Gasteiger charge is 2.29. The molecule has 45 heavy (non-hydrogen) atoms. The number of methoxy groups -OCH3 is 1. The Hall–Kier alpha value is -5.21. The number of carbonyl (C=O) groups excluding carboxylic acids is 3. The Morgan fingerprint density at radius 2 is 1.53 bits per heavy atom. The van der Waals surface area contributed by atoms with Gasteiger partial charge in [0.1, 0.15) is 0 Å². The summed E-state index contributed by atoms with van der Waals surface area (Å²) >= 11 is 0. The second-order valence-corrected chi connectivity index (χ2v) is 11.3. The summed E-state index contributed by atoms with van der Waals surface area (Å²) in [6.45, 7) is 2.77. The third-order valence-corrected chi connectivity index (χ3v) is 8.24. The SMILES string of the molecule is COC(=O)c1ccc2c(c1)NC(=O)C2=C(Nc1ccc(N(Cc2ccccc2)C(=O)CN2CCCCC2)cc1)c1ccccc1. The molecule has 0 unspecified atom stereocenters. The number of rotatable bonds is 9. The zero-order chi connectivity index (χ0) is 31.2. The molecule has 2 N–H and O–H groups in total. The summed E-state index contributed by atoms with van der Waals surface area (Å²) in [5.74, 6) is -0.673. The first-order valence-electron chi connectivity index (χ1n) is 15.3.